The molecule has 0 fully saturated rings. The second kappa shape index (κ2) is 6.85. The zero-order chi connectivity index (χ0) is 16.0. The predicted octanol–water partition coefficient (Wildman–Crippen LogP) is 0.00270. The van der Waals surface area contributed by atoms with Gasteiger partial charge in [-0.3, -0.25) is 14.3 Å². The minimum atomic E-state index is -1.21. The Kier molecular flexibility index (Phi) is 5.18. The van der Waals surface area contributed by atoms with Crippen molar-refractivity contribution < 1.29 is 19.5 Å². The summed E-state index contributed by atoms with van der Waals surface area (Å²) in [5.74, 6) is -2.94. The molecule has 0 aliphatic rings. The van der Waals surface area contributed by atoms with E-state index in [2.05, 4.69) is 5.10 Å². The van der Waals surface area contributed by atoms with Crippen LogP contribution in [0, 0.1) is 0 Å². The molecule has 0 bridgehead atoms. The molecule has 5 N–H and O–H groups in total. The van der Waals surface area contributed by atoms with Crippen molar-refractivity contribution in [3.63, 3.8) is 0 Å². The lowest BCUT2D eigenvalue weighted by atomic mass is 10.0. The van der Waals surface area contributed by atoms with Gasteiger partial charge in [0, 0.05) is 19.4 Å². The number of aromatic carboxylic acids is 1. The molecule has 1 aromatic heterocycles. The first-order chi connectivity index (χ1) is 9.82. The lowest BCUT2D eigenvalue weighted by molar-refractivity contribution is 0.0696. The average Bonchev–Trinajstić information content (AvgIpc) is 2.89. The van der Waals surface area contributed by atoms with E-state index in [0.29, 0.717) is 0 Å². The fraction of sp³-hybridized carbons (Fsp3) is 0.0769. The first-order valence-corrected chi connectivity index (χ1v) is 5.73. The summed E-state index contributed by atoms with van der Waals surface area (Å²) in [5, 5.41) is 12.5. The number of nitrogens with zero attached hydrogens (tertiary/aromatic N) is 2. The lowest BCUT2D eigenvalue weighted by Crippen LogP contribution is -2.21. The second-order valence-electron chi connectivity index (χ2n) is 3.97. The van der Waals surface area contributed by atoms with Crippen LogP contribution >= 0.6 is 0 Å². The van der Waals surface area contributed by atoms with E-state index in [1.807, 2.05) is 19.3 Å². The van der Waals surface area contributed by atoms with Gasteiger partial charge in [-0.15, -0.1) is 0 Å². The van der Waals surface area contributed by atoms with Crippen molar-refractivity contribution in [2.75, 3.05) is 0 Å². The van der Waals surface area contributed by atoms with Gasteiger partial charge in [-0.05, 0) is 24.3 Å². The number of carboxylic acid groups (broad SMARTS) is 1. The monoisotopic (exact) mass is 290 g/mol. The number of aromatic nitrogens is 2. The predicted molar refractivity (Wildman–Crippen MR) is 73.6 cm³/mol. The smallest absolute Gasteiger partial charge is 0.335 e. The topological polar surface area (TPSA) is 141 Å². The minimum Gasteiger partial charge on any atom is -0.478 e. The van der Waals surface area contributed by atoms with Gasteiger partial charge in [-0.1, -0.05) is 0 Å². The molecule has 0 unspecified atom stereocenters. The molecule has 1 aromatic carbocycles. The molecule has 0 atom stereocenters. The summed E-state index contributed by atoms with van der Waals surface area (Å²) in [6.45, 7) is 0. The van der Waals surface area contributed by atoms with E-state index in [0.717, 1.165) is 12.1 Å². The summed E-state index contributed by atoms with van der Waals surface area (Å²) >= 11 is 0. The maximum absolute atomic E-state index is 10.9. The number of hydrogen-bond acceptors (Lipinski definition) is 4. The maximum atomic E-state index is 10.9. The molecule has 0 radical (unpaired) electrons. The number of rotatable bonds is 3. The van der Waals surface area contributed by atoms with Crippen molar-refractivity contribution in [3.8, 4) is 0 Å². The summed E-state index contributed by atoms with van der Waals surface area (Å²) < 4.78 is 1.75. The molecule has 0 aliphatic heterocycles. The van der Waals surface area contributed by atoms with Crippen molar-refractivity contribution in [2.24, 2.45) is 18.5 Å². The van der Waals surface area contributed by atoms with Crippen LogP contribution in [0.3, 0.4) is 0 Å². The van der Waals surface area contributed by atoms with E-state index in [9.17, 15) is 14.4 Å². The molecule has 2 amide bonds. The zero-order valence-corrected chi connectivity index (χ0v) is 11.2. The SMILES string of the molecule is Cn1cccn1.NC(=O)c1ccc(C(=O)O)cc1C(N)=O. The Labute approximate surface area is 120 Å². The number of primary amides is 2. The Balaban J connectivity index is 0.000000304. The number of carbonyl (C=O) groups excluding carboxylic acids is 2. The zero-order valence-electron chi connectivity index (χ0n) is 11.2. The van der Waals surface area contributed by atoms with Crippen LogP contribution in [-0.2, 0) is 7.05 Å². The van der Waals surface area contributed by atoms with Crippen LogP contribution in [0.4, 0.5) is 0 Å². The summed E-state index contributed by atoms with van der Waals surface area (Å²) in [4.78, 5) is 32.4. The van der Waals surface area contributed by atoms with Crippen LogP contribution in [0.1, 0.15) is 31.1 Å². The highest BCUT2D eigenvalue weighted by molar-refractivity contribution is 6.07. The lowest BCUT2D eigenvalue weighted by Gasteiger charge is -2.03. The number of carboxylic acids is 1. The first-order valence-electron chi connectivity index (χ1n) is 5.73. The van der Waals surface area contributed by atoms with E-state index < -0.39 is 17.8 Å². The molecule has 0 saturated heterocycles. The molecular formula is C13H14N4O4. The van der Waals surface area contributed by atoms with Crippen molar-refractivity contribution in [1.82, 2.24) is 9.78 Å². The van der Waals surface area contributed by atoms with E-state index in [-0.39, 0.29) is 16.7 Å². The third-order valence-corrected chi connectivity index (χ3v) is 2.43. The van der Waals surface area contributed by atoms with Crippen molar-refractivity contribution in [3.05, 3.63) is 53.3 Å². The number of carbonyl (C=O) groups is 3. The van der Waals surface area contributed by atoms with Crippen molar-refractivity contribution in [2.45, 2.75) is 0 Å². The number of benzene rings is 1. The number of hydrogen-bond donors (Lipinski definition) is 3. The standard InChI is InChI=1S/C9H8N2O4.C4H6N2/c10-7(12)5-2-1-4(9(14)15)3-6(5)8(11)13;1-6-4-2-3-5-6/h1-3H,(H2,10,12)(H2,11,13)(H,14,15);2-4H,1H3. The van der Waals surface area contributed by atoms with E-state index in [4.69, 9.17) is 16.6 Å². The largest absolute Gasteiger partial charge is 0.478 e. The molecule has 2 rings (SSSR count). The first kappa shape index (κ1) is 15.9. The van der Waals surface area contributed by atoms with Crippen LogP contribution < -0.4 is 11.5 Å². The highest BCUT2D eigenvalue weighted by atomic mass is 16.4. The van der Waals surface area contributed by atoms with Gasteiger partial charge in [0.25, 0.3) is 0 Å². The Morgan fingerprint density at radius 2 is 1.76 bits per heavy atom. The van der Waals surface area contributed by atoms with Gasteiger partial charge in [0.05, 0.1) is 16.7 Å². The van der Waals surface area contributed by atoms with Gasteiger partial charge in [0.15, 0.2) is 0 Å². The molecule has 8 nitrogen and oxygen atoms in total. The van der Waals surface area contributed by atoms with Crippen LogP contribution in [0.25, 0.3) is 0 Å². The van der Waals surface area contributed by atoms with E-state index in [1.54, 1.807) is 10.9 Å². The molecule has 0 aliphatic carbocycles. The van der Waals surface area contributed by atoms with Gasteiger partial charge in [0.2, 0.25) is 11.8 Å². The molecule has 110 valence electrons. The Hall–Kier alpha value is -3.16. The molecule has 21 heavy (non-hydrogen) atoms. The van der Waals surface area contributed by atoms with Crippen LogP contribution in [-0.4, -0.2) is 32.7 Å². The van der Waals surface area contributed by atoms with Crippen molar-refractivity contribution >= 4 is 17.8 Å². The Morgan fingerprint density at radius 3 is 2.10 bits per heavy atom. The average molecular weight is 290 g/mol. The van der Waals surface area contributed by atoms with E-state index >= 15 is 0 Å². The quantitative estimate of drug-likeness (QED) is 0.729. The molecule has 8 heteroatoms. The fourth-order valence-corrected chi connectivity index (χ4v) is 1.44. The second-order valence-corrected chi connectivity index (χ2v) is 3.97. The van der Waals surface area contributed by atoms with Gasteiger partial charge in [0.1, 0.15) is 0 Å². The number of amides is 2. The van der Waals surface area contributed by atoms with Gasteiger partial charge < -0.3 is 16.6 Å². The Morgan fingerprint density at radius 1 is 1.14 bits per heavy atom. The summed E-state index contributed by atoms with van der Waals surface area (Å²) in [7, 11) is 1.89. The highest BCUT2D eigenvalue weighted by Gasteiger charge is 2.15. The molecule has 0 saturated carbocycles. The van der Waals surface area contributed by atoms with Gasteiger partial charge in [-0.2, -0.15) is 5.10 Å². The molecule has 0 spiro atoms. The highest BCUT2D eigenvalue weighted by Crippen LogP contribution is 2.11. The molecule has 1 heterocycles. The maximum Gasteiger partial charge on any atom is 0.335 e. The minimum absolute atomic E-state index is 0.0903. The van der Waals surface area contributed by atoms with Crippen molar-refractivity contribution in [1.29, 1.82) is 0 Å². The van der Waals surface area contributed by atoms with Gasteiger partial charge >= 0.3 is 5.97 Å². The van der Waals surface area contributed by atoms with Crippen LogP contribution in [0.15, 0.2) is 36.7 Å². The number of nitrogens with two attached hydrogens (primary N) is 2. The Bertz CT molecular complexity index is 665. The normalized spacial score (nSPS) is 9.38. The number of aryl methyl sites for hydroxylation is 1. The van der Waals surface area contributed by atoms with Gasteiger partial charge in [-0.25, -0.2) is 4.79 Å². The molecular weight excluding hydrogens is 276 g/mol. The summed E-state index contributed by atoms with van der Waals surface area (Å²) in [6, 6.07) is 5.24. The van der Waals surface area contributed by atoms with Crippen LogP contribution in [0.5, 0.6) is 0 Å². The third kappa shape index (κ3) is 4.46. The summed E-state index contributed by atoms with van der Waals surface area (Å²) in [5.41, 5.74) is 9.55. The third-order valence-electron chi connectivity index (χ3n) is 2.43. The summed E-state index contributed by atoms with van der Waals surface area (Å²) in [6.07, 6.45) is 3.64. The fourth-order valence-electron chi connectivity index (χ4n) is 1.44. The molecule has 2 aromatic rings. The van der Waals surface area contributed by atoms with Crippen LogP contribution in [0.2, 0.25) is 0 Å². The van der Waals surface area contributed by atoms with E-state index in [1.165, 1.54) is 6.07 Å².